The molecule has 0 aliphatic carbocycles. The van der Waals surface area contributed by atoms with Crippen LogP contribution in [0.25, 0.3) is 0 Å². The van der Waals surface area contributed by atoms with Crippen LogP contribution in [0.5, 0.6) is 0 Å². The molecular weight excluding hydrogens is 172 g/mol. The molecular formula is C12H22N2. The van der Waals surface area contributed by atoms with E-state index in [4.69, 9.17) is 4.99 Å². The first-order valence-electron chi connectivity index (χ1n) is 6.25. The molecule has 0 N–H and O–H groups in total. The number of nitrogens with zero attached hydrogens (tertiary/aromatic N) is 2. The molecule has 0 aromatic carbocycles. The highest BCUT2D eigenvalue weighted by atomic mass is 15.2. The van der Waals surface area contributed by atoms with Crippen molar-refractivity contribution in [3.63, 3.8) is 0 Å². The molecule has 0 spiro atoms. The number of hydrogen-bond acceptors (Lipinski definition) is 2. The Morgan fingerprint density at radius 3 is 2.36 bits per heavy atom. The number of hydrogen-bond donors (Lipinski definition) is 0. The summed E-state index contributed by atoms with van der Waals surface area (Å²) in [6.45, 7) is 3.60. The van der Waals surface area contributed by atoms with Crippen LogP contribution in [-0.4, -0.2) is 30.4 Å². The molecule has 0 unspecified atom stereocenters. The van der Waals surface area contributed by atoms with Crippen LogP contribution < -0.4 is 0 Å². The Hall–Kier alpha value is -0.530. The highest BCUT2D eigenvalue weighted by molar-refractivity contribution is 5.82. The molecule has 1 saturated heterocycles. The van der Waals surface area contributed by atoms with E-state index >= 15 is 0 Å². The summed E-state index contributed by atoms with van der Waals surface area (Å²) in [6, 6.07) is 0. The van der Waals surface area contributed by atoms with Gasteiger partial charge in [0.1, 0.15) is 0 Å². The third-order valence-electron chi connectivity index (χ3n) is 3.32. The fourth-order valence-electron chi connectivity index (χ4n) is 2.45. The SMILES string of the molecule is C1CCCN2CCCCC/C2=N/CC1. The van der Waals surface area contributed by atoms with Crippen LogP contribution >= 0.6 is 0 Å². The van der Waals surface area contributed by atoms with Crippen molar-refractivity contribution in [3.05, 3.63) is 0 Å². The molecule has 0 bridgehead atoms. The minimum Gasteiger partial charge on any atom is -0.360 e. The lowest BCUT2D eigenvalue weighted by Gasteiger charge is -2.23. The highest BCUT2D eigenvalue weighted by Gasteiger charge is 2.14. The second kappa shape index (κ2) is 5.38. The minimum absolute atomic E-state index is 1.08. The summed E-state index contributed by atoms with van der Waals surface area (Å²) >= 11 is 0. The molecule has 0 radical (unpaired) electrons. The van der Waals surface area contributed by atoms with Crippen molar-refractivity contribution < 1.29 is 0 Å². The van der Waals surface area contributed by atoms with Gasteiger partial charge in [-0.1, -0.05) is 19.3 Å². The van der Waals surface area contributed by atoms with Crippen molar-refractivity contribution in [1.29, 1.82) is 0 Å². The first kappa shape index (κ1) is 10.0. The topological polar surface area (TPSA) is 15.6 Å². The van der Waals surface area contributed by atoms with Gasteiger partial charge < -0.3 is 4.90 Å². The Morgan fingerprint density at radius 2 is 1.50 bits per heavy atom. The lowest BCUT2D eigenvalue weighted by atomic mass is 10.2. The number of rotatable bonds is 0. The van der Waals surface area contributed by atoms with Crippen molar-refractivity contribution in [2.75, 3.05) is 19.6 Å². The van der Waals surface area contributed by atoms with Gasteiger partial charge in [0.05, 0.1) is 5.84 Å². The van der Waals surface area contributed by atoms with Gasteiger partial charge in [0.15, 0.2) is 0 Å². The summed E-state index contributed by atoms with van der Waals surface area (Å²) in [5.41, 5.74) is 0. The van der Waals surface area contributed by atoms with E-state index < -0.39 is 0 Å². The minimum atomic E-state index is 1.08. The van der Waals surface area contributed by atoms with Gasteiger partial charge in [-0.2, -0.15) is 0 Å². The maximum atomic E-state index is 4.77. The summed E-state index contributed by atoms with van der Waals surface area (Å²) in [6.07, 6.45) is 10.8. The molecule has 14 heavy (non-hydrogen) atoms. The molecule has 2 aliphatic heterocycles. The smallest absolute Gasteiger partial charge is 0.0988 e. The van der Waals surface area contributed by atoms with E-state index in [1.54, 1.807) is 0 Å². The summed E-state index contributed by atoms with van der Waals surface area (Å²) < 4.78 is 0. The maximum Gasteiger partial charge on any atom is 0.0988 e. The quantitative estimate of drug-likeness (QED) is 0.579. The second-order valence-corrected chi connectivity index (χ2v) is 4.51. The van der Waals surface area contributed by atoms with Gasteiger partial charge in [-0.05, 0) is 25.7 Å². The van der Waals surface area contributed by atoms with E-state index in [9.17, 15) is 0 Å². The molecule has 2 nitrogen and oxygen atoms in total. The molecule has 80 valence electrons. The zero-order chi connectivity index (χ0) is 9.64. The number of amidine groups is 1. The largest absolute Gasteiger partial charge is 0.360 e. The predicted octanol–water partition coefficient (Wildman–Crippen LogP) is 2.83. The van der Waals surface area contributed by atoms with E-state index in [1.165, 1.54) is 70.3 Å². The standard InChI is InChI=1S/C12H22N2/c1-2-6-10-14-11-7-3-4-8-12(14)13-9-5-1/h1-11H2/b13-12-. The van der Waals surface area contributed by atoms with Crippen molar-refractivity contribution in [3.8, 4) is 0 Å². The Morgan fingerprint density at radius 1 is 0.786 bits per heavy atom. The first-order valence-corrected chi connectivity index (χ1v) is 6.25. The van der Waals surface area contributed by atoms with Crippen LogP contribution in [0.4, 0.5) is 0 Å². The lowest BCUT2D eigenvalue weighted by molar-refractivity contribution is 0.401. The summed E-state index contributed by atoms with van der Waals surface area (Å²) in [5, 5.41) is 0. The average molecular weight is 194 g/mol. The normalized spacial score (nSPS) is 28.9. The summed E-state index contributed by atoms with van der Waals surface area (Å²) in [5.74, 6) is 1.42. The summed E-state index contributed by atoms with van der Waals surface area (Å²) in [7, 11) is 0. The van der Waals surface area contributed by atoms with Crippen LogP contribution in [0, 0.1) is 0 Å². The van der Waals surface area contributed by atoms with E-state index in [-0.39, 0.29) is 0 Å². The van der Waals surface area contributed by atoms with Crippen LogP contribution in [0.15, 0.2) is 4.99 Å². The van der Waals surface area contributed by atoms with Gasteiger partial charge in [0.2, 0.25) is 0 Å². The zero-order valence-electron chi connectivity index (χ0n) is 9.17. The molecule has 2 heteroatoms. The van der Waals surface area contributed by atoms with Crippen molar-refractivity contribution >= 4 is 5.84 Å². The van der Waals surface area contributed by atoms with Gasteiger partial charge in [0, 0.05) is 26.1 Å². The number of fused-ring (bicyclic) bond motifs is 1. The van der Waals surface area contributed by atoms with Crippen LogP contribution in [0.3, 0.4) is 0 Å². The monoisotopic (exact) mass is 194 g/mol. The molecule has 1 fully saturated rings. The van der Waals surface area contributed by atoms with Crippen molar-refractivity contribution in [2.24, 2.45) is 4.99 Å². The zero-order valence-corrected chi connectivity index (χ0v) is 9.17. The third kappa shape index (κ3) is 2.73. The van der Waals surface area contributed by atoms with Gasteiger partial charge in [0.25, 0.3) is 0 Å². The molecule has 0 amide bonds. The fraction of sp³-hybridized carbons (Fsp3) is 0.917. The van der Waals surface area contributed by atoms with Crippen molar-refractivity contribution in [2.45, 2.75) is 51.4 Å². The molecule has 2 heterocycles. The Kier molecular flexibility index (Phi) is 3.84. The first-order chi connectivity index (χ1) is 6.97. The molecule has 2 aliphatic rings. The van der Waals surface area contributed by atoms with Crippen LogP contribution in [-0.2, 0) is 0 Å². The number of aliphatic imine (C=N–C) groups is 1. The highest BCUT2D eigenvalue weighted by Crippen LogP contribution is 2.15. The molecule has 0 atom stereocenters. The Labute approximate surface area is 87.4 Å². The summed E-state index contributed by atoms with van der Waals surface area (Å²) in [4.78, 5) is 7.32. The van der Waals surface area contributed by atoms with E-state index in [1.807, 2.05) is 0 Å². The van der Waals surface area contributed by atoms with Gasteiger partial charge >= 0.3 is 0 Å². The Balaban J connectivity index is 2.01. The second-order valence-electron chi connectivity index (χ2n) is 4.51. The molecule has 0 aromatic heterocycles. The third-order valence-corrected chi connectivity index (χ3v) is 3.32. The fourth-order valence-corrected chi connectivity index (χ4v) is 2.45. The van der Waals surface area contributed by atoms with Gasteiger partial charge in [-0.3, -0.25) is 4.99 Å². The molecule has 0 saturated carbocycles. The molecule has 2 rings (SSSR count). The van der Waals surface area contributed by atoms with Crippen LogP contribution in [0.1, 0.15) is 51.4 Å². The maximum absolute atomic E-state index is 4.77. The van der Waals surface area contributed by atoms with E-state index in [0.29, 0.717) is 0 Å². The van der Waals surface area contributed by atoms with E-state index in [2.05, 4.69) is 4.90 Å². The van der Waals surface area contributed by atoms with Crippen LogP contribution in [0.2, 0.25) is 0 Å². The molecule has 0 aromatic rings. The Bertz CT molecular complexity index is 198. The van der Waals surface area contributed by atoms with E-state index in [0.717, 1.165) is 6.54 Å². The predicted molar refractivity (Wildman–Crippen MR) is 60.8 cm³/mol. The van der Waals surface area contributed by atoms with Gasteiger partial charge in [-0.15, -0.1) is 0 Å². The lowest BCUT2D eigenvalue weighted by Crippen LogP contribution is -2.31. The average Bonchev–Trinajstić information content (AvgIpc) is 2.35. The van der Waals surface area contributed by atoms with Gasteiger partial charge in [-0.25, -0.2) is 0 Å². The van der Waals surface area contributed by atoms with Crippen molar-refractivity contribution in [1.82, 2.24) is 4.90 Å².